The van der Waals surface area contributed by atoms with Gasteiger partial charge in [-0.25, -0.2) is 4.98 Å². The fourth-order valence-electron chi connectivity index (χ4n) is 4.74. The lowest BCUT2D eigenvalue weighted by Crippen LogP contribution is -2.43. The second kappa shape index (κ2) is 9.02. The monoisotopic (exact) mass is 444 g/mol. The molecule has 170 valence electrons. The Balaban J connectivity index is 1.34. The molecule has 0 spiro atoms. The summed E-state index contributed by atoms with van der Waals surface area (Å²) in [5, 5.41) is 3.10. The Morgan fingerprint density at radius 2 is 1.91 bits per heavy atom. The molecule has 1 atom stereocenters. The van der Waals surface area contributed by atoms with E-state index in [4.69, 9.17) is 14.5 Å². The number of hydrogen-bond acceptors (Lipinski definition) is 5. The predicted molar refractivity (Wildman–Crippen MR) is 129 cm³/mol. The van der Waals surface area contributed by atoms with Crippen LogP contribution in [0.25, 0.3) is 16.6 Å². The molecule has 3 heterocycles. The van der Waals surface area contributed by atoms with Crippen LogP contribution in [-0.2, 0) is 11.3 Å². The molecule has 7 nitrogen and oxygen atoms in total. The Hall–Kier alpha value is -3.74. The van der Waals surface area contributed by atoms with Crippen LogP contribution in [0.2, 0.25) is 0 Å². The Morgan fingerprint density at radius 3 is 2.76 bits per heavy atom. The highest BCUT2D eigenvalue weighted by Gasteiger charge is 2.28. The second-order valence-corrected chi connectivity index (χ2v) is 8.34. The molecule has 0 unspecified atom stereocenters. The van der Waals surface area contributed by atoms with Gasteiger partial charge in [-0.05, 0) is 43.2 Å². The van der Waals surface area contributed by atoms with Crippen molar-refractivity contribution in [3.63, 3.8) is 0 Å². The zero-order chi connectivity index (χ0) is 22.8. The van der Waals surface area contributed by atoms with Crippen LogP contribution in [0.4, 0.5) is 5.82 Å². The van der Waals surface area contributed by atoms with E-state index in [1.807, 2.05) is 42.5 Å². The van der Waals surface area contributed by atoms with Crippen molar-refractivity contribution in [2.45, 2.75) is 19.4 Å². The number of nitrogens with one attached hydrogen (secondary N) is 1. The summed E-state index contributed by atoms with van der Waals surface area (Å²) in [5.74, 6) is 2.20. The lowest BCUT2D eigenvalue weighted by Gasteiger charge is -2.33. The molecule has 0 aliphatic carbocycles. The number of anilines is 1. The van der Waals surface area contributed by atoms with Gasteiger partial charge in [0.15, 0.2) is 17.3 Å². The van der Waals surface area contributed by atoms with Gasteiger partial charge in [0.1, 0.15) is 0 Å². The van der Waals surface area contributed by atoms with E-state index in [1.165, 1.54) is 0 Å². The number of amides is 1. The molecule has 2 aromatic carbocycles. The molecule has 4 aromatic rings. The van der Waals surface area contributed by atoms with Crippen molar-refractivity contribution in [3.05, 3.63) is 66.4 Å². The molecule has 1 aliphatic heterocycles. The van der Waals surface area contributed by atoms with Crippen LogP contribution in [0.15, 0.2) is 60.8 Å². The summed E-state index contributed by atoms with van der Waals surface area (Å²) in [5.41, 5.74) is 3.99. The van der Waals surface area contributed by atoms with Crippen molar-refractivity contribution in [1.29, 1.82) is 0 Å². The third-order valence-corrected chi connectivity index (χ3v) is 6.37. The van der Waals surface area contributed by atoms with E-state index < -0.39 is 0 Å². The Kier molecular flexibility index (Phi) is 5.77. The third-order valence-electron chi connectivity index (χ3n) is 6.37. The van der Waals surface area contributed by atoms with Crippen LogP contribution in [0.3, 0.4) is 0 Å². The molecule has 1 N–H and O–H groups in total. The number of hydrogen-bond donors (Lipinski definition) is 1. The molecule has 1 fully saturated rings. The number of fused-ring (bicyclic) bond motifs is 3. The number of ether oxygens (including phenoxy) is 2. The summed E-state index contributed by atoms with van der Waals surface area (Å²) in [6, 6.07) is 18.0. The van der Waals surface area contributed by atoms with Gasteiger partial charge in [0.2, 0.25) is 5.91 Å². The average Bonchev–Trinajstić information content (AvgIpc) is 3.37. The molecule has 7 heteroatoms. The van der Waals surface area contributed by atoms with Gasteiger partial charge in [0.25, 0.3) is 0 Å². The Morgan fingerprint density at radius 1 is 1.06 bits per heavy atom. The highest BCUT2D eigenvalue weighted by Crippen LogP contribution is 2.31. The van der Waals surface area contributed by atoms with Gasteiger partial charge < -0.3 is 24.1 Å². The number of aromatic nitrogens is 2. The number of carbonyl (C=O) groups is 1. The number of carbonyl (C=O) groups excluding carboxylic acids is 1. The molecular formula is C26H28N4O3. The van der Waals surface area contributed by atoms with E-state index >= 15 is 0 Å². The number of benzene rings is 2. The smallest absolute Gasteiger partial charge is 0.225 e. The number of rotatable bonds is 6. The van der Waals surface area contributed by atoms with Crippen LogP contribution in [0, 0.1) is 5.92 Å². The summed E-state index contributed by atoms with van der Waals surface area (Å²) >= 11 is 0. The average molecular weight is 445 g/mol. The topological polar surface area (TPSA) is 68.1 Å². The second-order valence-electron chi connectivity index (χ2n) is 8.34. The first kappa shape index (κ1) is 21.1. The first-order valence-corrected chi connectivity index (χ1v) is 11.3. The van der Waals surface area contributed by atoms with E-state index in [0.717, 1.165) is 47.3 Å². The van der Waals surface area contributed by atoms with E-state index in [-0.39, 0.29) is 11.8 Å². The van der Waals surface area contributed by atoms with Crippen molar-refractivity contribution >= 4 is 28.3 Å². The quantitative estimate of drug-likeness (QED) is 0.486. The third kappa shape index (κ3) is 3.95. The van der Waals surface area contributed by atoms with Crippen LogP contribution in [-0.4, -0.2) is 42.6 Å². The largest absolute Gasteiger partial charge is 0.493 e. The van der Waals surface area contributed by atoms with Crippen molar-refractivity contribution in [2.75, 3.05) is 32.2 Å². The van der Waals surface area contributed by atoms with Crippen LogP contribution < -0.4 is 19.7 Å². The van der Waals surface area contributed by atoms with Gasteiger partial charge in [-0.1, -0.05) is 24.3 Å². The molecule has 1 amide bonds. The van der Waals surface area contributed by atoms with Gasteiger partial charge in [-0.15, -0.1) is 0 Å². The minimum Gasteiger partial charge on any atom is -0.493 e. The van der Waals surface area contributed by atoms with Gasteiger partial charge >= 0.3 is 0 Å². The summed E-state index contributed by atoms with van der Waals surface area (Å²) in [7, 11) is 3.22. The molecule has 1 aliphatic rings. The lowest BCUT2D eigenvalue weighted by molar-refractivity contribution is -0.125. The van der Waals surface area contributed by atoms with Crippen molar-refractivity contribution in [2.24, 2.45) is 5.92 Å². The molecule has 5 rings (SSSR count). The maximum atomic E-state index is 13.1. The Bertz CT molecular complexity index is 1300. The zero-order valence-electron chi connectivity index (χ0n) is 19.0. The molecule has 33 heavy (non-hydrogen) atoms. The predicted octanol–water partition coefficient (Wildman–Crippen LogP) is 4.04. The first-order valence-electron chi connectivity index (χ1n) is 11.3. The van der Waals surface area contributed by atoms with Crippen molar-refractivity contribution in [3.8, 4) is 11.5 Å². The molecular weight excluding hydrogens is 416 g/mol. The summed E-state index contributed by atoms with van der Waals surface area (Å²) in [4.78, 5) is 20.3. The normalized spacial score (nSPS) is 16.2. The molecule has 2 aromatic heterocycles. The number of methoxy groups -OCH3 is 2. The van der Waals surface area contributed by atoms with E-state index in [9.17, 15) is 4.79 Å². The van der Waals surface area contributed by atoms with Gasteiger partial charge in [0.05, 0.1) is 36.7 Å². The summed E-state index contributed by atoms with van der Waals surface area (Å²) in [6.45, 7) is 1.93. The van der Waals surface area contributed by atoms with Crippen LogP contribution in [0.1, 0.15) is 18.4 Å². The lowest BCUT2D eigenvalue weighted by atomic mass is 9.97. The summed E-state index contributed by atoms with van der Waals surface area (Å²) < 4.78 is 13.0. The SMILES string of the molecule is COc1cccc(CNC(=O)[C@H]2CCCN(c3nc4ccccc4n4cccc34)C2)c1OC. The number of para-hydroxylation sites is 3. The fraction of sp³-hybridized carbons (Fsp3) is 0.308. The highest BCUT2D eigenvalue weighted by molar-refractivity contribution is 5.86. The van der Waals surface area contributed by atoms with Crippen LogP contribution >= 0.6 is 0 Å². The molecule has 0 radical (unpaired) electrons. The van der Waals surface area contributed by atoms with Crippen molar-refractivity contribution in [1.82, 2.24) is 14.7 Å². The van der Waals surface area contributed by atoms with E-state index in [2.05, 4.69) is 32.9 Å². The summed E-state index contributed by atoms with van der Waals surface area (Å²) in [6.07, 6.45) is 3.88. The first-order chi connectivity index (χ1) is 16.2. The minimum absolute atomic E-state index is 0.0526. The molecule has 0 saturated carbocycles. The molecule has 0 bridgehead atoms. The Labute approximate surface area is 192 Å². The van der Waals surface area contributed by atoms with Crippen LogP contribution in [0.5, 0.6) is 11.5 Å². The maximum absolute atomic E-state index is 13.1. The highest BCUT2D eigenvalue weighted by atomic mass is 16.5. The van der Waals surface area contributed by atoms with Gasteiger partial charge in [-0.3, -0.25) is 4.79 Å². The number of nitrogens with zero attached hydrogens (tertiary/aromatic N) is 3. The maximum Gasteiger partial charge on any atom is 0.225 e. The molecule has 1 saturated heterocycles. The van der Waals surface area contributed by atoms with Gasteiger partial charge in [-0.2, -0.15) is 0 Å². The standard InChI is InChI=1S/C26H28N4O3/c1-32-23-13-5-8-18(24(23)33-2)16-27-26(31)19-9-6-14-29(17-19)25-22-12-7-15-30(22)21-11-4-3-10-20(21)28-25/h3-5,7-8,10-13,15,19H,6,9,14,16-17H2,1-2H3,(H,27,31)/t19-/m0/s1. The van der Waals surface area contributed by atoms with E-state index in [0.29, 0.717) is 24.6 Å². The number of piperidine rings is 1. The zero-order valence-corrected chi connectivity index (χ0v) is 19.0. The van der Waals surface area contributed by atoms with Gasteiger partial charge in [0, 0.05) is 31.4 Å². The van der Waals surface area contributed by atoms with E-state index in [1.54, 1.807) is 14.2 Å². The fourth-order valence-corrected chi connectivity index (χ4v) is 4.74. The van der Waals surface area contributed by atoms with Crippen molar-refractivity contribution < 1.29 is 14.3 Å². The minimum atomic E-state index is -0.0985.